The van der Waals surface area contributed by atoms with Crippen LogP contribution in [-0.2, 0) is 0 Å². The summed E-state index contributed by atoms with van der Waals surface area (Å²) in [5.41, 5.74) is 5.34. The summed E-state index contributed by atoms with van der Waals surface area (Å²) in [5.74, 6) is -1.91. The molecule has 3 amide bonds. The minimum absolute atomic E-state index is 0.0980. The van der Waals surface area contributed by atoms with Crippen LogP contribution in [0.3, 0.4) is 0 Å². The molecule has 2 heterocycles. The molecule has 2 fully saturated rings. The number of ether oxygens (including phenoxy) is 1. The van der Waals surface area contributed by atoms with E-state index < -0.39 is 30.2 Å². The Morgan fingerprint density at radius 1 is 1.22 bits per heavy atom. The van der Waals surface area contributed by atoms with Crippen LogP contribution in [0.5, 0.6) is 5.88 Å². The summed E-state index contributed by atoms with van der Waals surface area (Å²) in [6, 6.07) is -0.479. The largest absolute Gasteiger partial charge is 0.476 e. The zero-order valence-electron chi connectivity index (χ0n) is 17.8. The number of urea groups is 1. The van der Waals surface area contributed by atoms with Crippen LogP contribution in [0, 0.1) is 5.92 Å². The number of rotatable bonds is 10. The van der Waals surface area contributed by atoms with Crippen LogP contribution in [0.2, 0.25) is 0 Å². The summed E-state index contributed by atoms with van der Waals surface area (Å²) in [7, 11) is 0. The van der Waals surface area contributed by atoms with Crippen molar-refractivity contribution in [2.75, 3.05) is 38.1 Å². The lowest BCUT2D eigenvalue weighted by atomic mass is 9.86. The first kappa shape index (κ1) is 25.1. The van der Waals surface area contributed by atoms with Gasteiger partial charge in [0.1, 0.15) is 22.9 Å². The fourth-order valence-corrected chi connectivity index (χ4v) is 5.49. The van der Waals surface area contributed by atoms with E-state index in [4.69, 9.17) is 10.5 Å². The second kappa shape index (κ2) is 12.1. The van der Waals surface area contributed by atoms with Crippen LogP contribution in [-0.4, -0.2) is 71.2 Å². The highest BCUT2D eigenvalue weighted by atomic mass is 79.9. The molecule has 0 radical (unpaired) electrons. The molecule has 0 aromatic carbocycles. The van der Waals surface area contributed by atoms with Gasteiger partial charge in [-0.1, -0.05) is 15.9 Å². The molecule has 1 aromatic heterocycles. The van der Waals surface area contributed by atoms with E-state index in [1.807, 2.05) is 0 Å². The molecule has 2 unspecified atom stereocenters. The molecular formula is C20H30BrF2N5O3S. The number of hydrogen-bond acceptors (Lipinski definition) is 6. The number of likely N-dealkylation sites (tertiary alicyclic amines) is 1. The monoisotopic (exact) mass is 537 g/mol. The van der Waals surface area contributed by atoms with Crippen molar-refractivity contribution in [2.45, 2.75) is 55.7 Å². The molecule has 180 valence electrons. The number of amides is 3. The second-order valence-electron chi connectivity index (χ2n) is 8.27. The highest BCUT2D eigenvalue weighted by Gasteiger charge is 2.38. The first-order valence-electron chi connectivity index (χ1n) is 11.0. The number of nitrogens with one attached hydrogen (secondary N) is 2. The van der Waals surface area contributed by atoms with Crippen LogP contribution in [0.15, 0.2) is 0 Å². The number of nitrogens with two attached hydrogens (primary N) is 1. The zero-order valence-corrected chi connectivity index (χ0v) is 20.2. The summed E-state index contributed by atoms with van der Waals surface area (Å²) >= 11 is 4.08. The second-order valence-corrected chi connectivity index (χ2v) is 10.3. The van der Waals surface area contributed by atoms with E-state index >= 15 is 0 Å². The van der Waals surface area contributed by atoms with Crippen LogP contribution in [0.1, 0.15) is 48.9 Å². The van der Waals surface area contributed by atoms with Crippen molar-refractivity contribution in [2.24, 2.45) is 11.7 Å². The van der Waals surface area contributed by atoms with Crippen molar-refractivity contribution in [1.82, 2.24) is 14.6 Å². The van der Waals surface area contributed by atoms with Gasteiger partial charge in [0.2, 0.25) is 5.88 Å². The molecule has 12 heteroatoms. The lowest BCUT2D eigenvalue weighted by Crippen LogP contribution is -2.39. The quantitative estimate of drug-likeness (QED) is 0.312. The van der Waals surface area contributed by atoms with Crippen molar-refractivity contribution in [3.63, 3.8) is 0 Å². The zero-order chi connectivity index (χ0) is 23.1. The van der Waals surface area contributed by atoms with Crippen LogP contribution in [0.4, 0.5) is 18.6 Å². The van der Waals surface area contributed by atoms with Gasteiger partial charge in [0, 0.05) is 11.4 Å². The number of nitrogens with zero attached hydrogens (tertiary/aromatic N) is 2. The van der Waals surface area contributed by atoms with Gasteiger partial charge < -0.3 is 20.7 Å². The number of primary amides is 1. The smallest absolute Gasteiger partial charge is 0.319 e. The average Bonchev–Trinajstić information content (AvgIpc) is 3.37. The molecule has 2 aliphatic rings. The Morgan fingerprint density at radius 2 is 1.91 bits per heavy atom. The number of alkyl halides is 3. The number of hydrogen-bond donors (Lipinski definition) is 3. The number of anilines is 1. The predicted octanol–water partition coefficient (Wildman–Crippen LogP) is 3.47. The molecule has 4 N–H and O–H groups in total. The maximum atomic E-state index is 14.2. The van der Waals surface area contributed by atoms with Gasteiger partial charge in [0.05, 0.1) is 12.5 Å². The van der Waals surface area contributed by atoms with Gasteiger partial charge in [-0.2, -0.15) is 4.37 Å². The van der Waals surface area contributed by atoms with E-state index in [1.165, 1.54) is 12.8 Å². The van der Waals surface area contributed by atoms with Gasteiger partial charge in [-0.25, -0.2) is 13.6 Å². The number of carbonyl (C=O) groups excluding carboxylic acids is 2. The molecule has 1 aliphatic carbocycles. The molecule has 1 saturated carbocycles. The summed E-state index contributed by atoms with van der Waals surface area (Å²) in [6.07, 6.45) is 2.00. The number of aromatic nitrogens is 1. The lowest BCUT2D eigenvalue weighted by molar-refractivity contribution is 0.0436. The lowest BCUT2D eigenvalue weighted by Gasteiger charge is -2.31. The third-order valence-electron chi connectivity index (χ3n) is 5.82. The summed E-state index contributed by atoms with van der Waals surface area (Å²) in [5, 5.41) is 5.45. The fourth-order valence-electron chi connectivity index (χ4n) is 4.04. The maximum absolute atomic E-state index is 14.2. The third-order valence-corrected chi connectivity index (χ3v) is 7.32. The van der Waals surface area contributed by atoms with Crippen LogP contribution in [0.25, 0.3) is 0 Å². The van der Waals surface area contributed by atoms with Gasteiger partial charge in [0.25, 0.3) is 5.91 Å². The molecule has 8 nitrogen and oxygen atoms in total. The van der Waals surface area contributed by atoms with Crippen molar-refractivity contribution >= 4 is 44.4 Å². The number of unbranched alkanes of at least 4 members (excludes halogenated alkanes) is 1. The van der Waals surface area contributed by atoms with Crippen molar-refractivity contribution in [3.8, 4) is 5.88 Å². The molecule has 0 bridgehead atoms. The predicted molar refractivity (Wildman–Crippen MR) is 123 cm³/mol. The summed E-state index contributed by atoms with van der Waals surface area (Å²) < 4.78 is 37.9. The Bertz CT molecular complexity index is 768. The molecule has 3 rings (SSSR count). The Morgan fingerprint density at radius 3 is 2.56 bits per heavy atom. The molecule has 0 spiro atoms. The molecule has 1 saturated heterocycles. The Kier molecular flexibility index (Phi) is 9.47. The first-order chi connectivity index (χ1) is 15.3. The molecule has 1 aromatic rings. The van der Waals surface area contributed by atoms with E-state index in [1.54, 1.807) is 0 Å². The van der Waals surface area contributed by atoms with Gasteiger partial charge in [-0.05, 0) is 69.7 Å². The number of carbonyl (C=O) groups is 2. The standard InChI is InChI=1S/C20H30BrF2N5O3S/c21-12-9-14(22)13(15(23)10-12)11-31-18-16(17(24)29)19(32-27-18)26-20(30)25-5-1-2-6-28-7-3-4-8-28/h12-15H,1-11H2,(H2,24,29)(H2,25,26,30). The molecule has 32 heavy (non-hydrogen) atoms. The summed E-state index contributed by atoms with van der Waals surface area (Å²) in [6.45, 7) is 3.56. The summed E-state index contributed by atoms with van der Waals surface area (Å²) in [4.78, 5) is 26.3. The molecule has 2 atom stereocenters. The van der Waals surface area contributed by atoms with Crippen molar-refractivity contribution in [3.05, 3.63) is 5.56 Å². The highest BCUT2D eigenvalue weighted by Crippen LogP contribution is 2.35. The van der Waals surface area contributed by atoms with E-state index in [-0.39, 0.29) is 40.7 Å². The van der Waals surface area contributed by atoms with Crippen LogP contribution >= 0.6 is 27.5 Å². The van der Waals surface area contributed by atoms with Gasteiger partial charge >= 0.3 is 6.03 Å². The Balaban J connectivity index is 1.47. The molecule has 1 aliphatic heterocycles. The van der Waals surface area contributed by atoms with E-state index in [2.05, 4.69) is 35.8 Å². The van der Waals surface area contributed by atoms with E-state index in [9.17, 15) is 18.4 Å². The van der Waals surface area contributed by atoms with Crippen LogP contribution < -0.4 is 21.1 Å². The minimum atomic E-state index is -1.37. The SMILES string of the molecule is NC(=O)c1c(OCC2C(F)CC(Br)CC2F)nsc1NC(=O)NCCCCN1CCCC1. The maximum Gasteiger partial charge on any atom is 0.319 e. The van der Waals surface area contributed by atoms with E-state index in [0.29, 0.717) is 6.54 Å². The average molecular weight is 538 g/mol. The fraction of sp³-hybridized carbons (Fsp3) is 0.750. The third kappa shape index (κ3) is 6.98. The van der Waals surface area contributed by atoms with E-state index in [0.717, 1.165) is 44.0 Å². The number of halogens is 3. The highest BCUT2D eigenvalue weighted by molar-refractivity contribution is 9.09. The van der Waals surface area contributed by atoms with Gasteiger partial charge in [-0.15, -0.1) is 0 Å². The van der Waals surface area contributed by atoms with Crippen molar-refractivity contribution in [1.29, 1.82) is 0 Å². The van der Waals surface area contributed by atoms with Gasteiger partial charge in [-0.3, -0.25) is 10.1 Å². The van der Waals surface area contributed by atoms with Gasteiger partial charge in [0.15, 0.2) is 0 Å². The topological polar surface area (TPSA) is 110 Å². The Labute approximate surface area is 198 Å². The Hall–Kier alpha value is -1.53. The minimum Gasteiger partial charge on any atom is -0.476 e. The first-order valence-corrected chi connectivity index (χ1v) is 12.7. The normalized spacial score (nSPS) is 26.1. The van der Waals surface area contributed by atoms with Crippen molar-refractivity contribution < 1.29 is 23.1 Å². The molecular weight excluding hydrogens is 508 g/mol.